The molecular weight excluding hydrogens is 517 g/mol. The van der Waals surface area contributed by atoms with Gasteiger partial charge in [0, 0.05) is 19.9 Å². The number of pyridine rings is 2. The number of nitrogens with one attached hydrogen (secondary N) is 2. The van der Waals surface area contributed by atoms with E-state index in [-0.39, 0.29) is 46.3 Å². The van der Waals surface area contributed by atoms with Gasteiger partial charge in [-0.05, 0) is 49.8 Å². The van der Waals surface area contributed by atoms with Crippen molar-refractivity contribution in [3.05, 3.63) is 46.4 Å². The number of alkyl halides is 3. The summed E-state index contributed by atoms with van der Waals surface area (Å²) in [5.41, 5.74) is -0.932. The number of methoxy groups -OCH3 is 2. The van der Waals surface area contributed by atoms with Crippen molar-refractivity contribution in [3.8, 4) is 5.75 Å². The summed E-state index contributed by atoms with van der Waals surface area (Å²) in [4.78, 5) is 31.6. The van der Waals surface area contributed by atoms with Gasteiger partial charge in [0.1, 0.15) is 23.0 Å². The molecule has 1 aliphatic carbocycles. The van der Waals surface area contributed by atoms with Gasteiger partial charge in [0.2, 0.25) is 0 Å². The number of carbonyl (C=O) groups is 2. The third kappa shape index (κ3) is 7.45. The summed E-state index contributed by atoms with van der Waals surface area (Å²) in [6.07, 6.45) is -0.764. The maximum absolute atomic E-state index is 13.2. The van der Waals surface area contributed by atoms with Crippen molar-refractivity contribution in [1.29, 1.82) is 0 Å². The average Bonchev–Trinajstić information content (AvgIpc) is 2.87. The molecule has 1 amide bonds. The molecule has 0 bridgehead atoms. The predicted octanol–water partition coefficient (Wildman–Crippen LogP) is 4.58. The van der Waals surface area contributed by atoms with Gasteiger partial charge in [0.25, 0.3) is 5.91 Å². The molecule has 0 unspecified atom stereocenters. The quantitative estimate of drug-likeness (QED) is 0.397. The first-order chi connectivity index (χ1) is 17.5. The highest BCUT2D eigenvalue weighted by Gasteiger charge is 2.34. The van der Waals surface area contributed by atoms with Crippen LogP contribution in [0.5, 0.6) is 5.75 Å². The lowest BCUT2D eigenvalue weighted by Crippen LogP contribution is -2.32. The normalized spacial score (nSPS) is 18.6. The number of anilines is 1. The molecule has 0 saturated heterocycles. The van der Waals surface area contributed by atoms with E-state index >= 15 is 0 Å². The molecule has 37 heavy (non-hydrogen) atoms. The van der Waals surface area contributed by atoms with Crippen LogP contribution in [0.4, 0.5) is 19.0 Å². The number of carboxylic acids is 1. The summed E-state index contributed by atoms with van der Waals surface area (Å²) in [6.45, 7) is 0.328. The van der Waals surface area contributed by atoms with Gasteiger partial charge in [-0.3, -0.25) is 9.59 Å². The second-order valence-corrected chi connectivity index (χ2v) is 9.16. The van der Waals surface area contributed by atoms with Crippen molar-refractivity contribution >= 4 is 29.3 Å². The summed E-state index contributed by atoms with van der Waals surface area (Å²) in [7, 11) is 2.69. The Kier molecular flexibility index (Phi) is 9.55. The van der Waals surface area contributed by atoms with Gasteiger partial charge in [-0.1, -0.05) is 11.6 Å². The summed E-state index contributed by atoms with van der Waals surface area (Å²) >= 11 is 6.34. The van der Waals surface area contributed by atoms with Crippen molar-refractivity contribution in [2.45, 2.75) is 37.9 Å². The minimum atomic E-state index is -4.65. The van der Waals surface area contributed by atoms with Crippen LogP contribution >= 0.6 is 11.6 Å². The van der Waals surface area contributed by atoms with Crippen molar-refractivity contribution in [1.82, 2.24) is 15.3 Å². The van der Waals surface area contributed by atoms with Gasteiger partial charge in [-0.25, -0.2) is 9.97 Å². The maximum atomic E-state index is 13.2. The Bertz CT molecular complexity index is 1110. The monoisotopic (exact) mass is 544 g/mol. The van der Waals surface area contributed by atoms with Gasteiger partial charge >= 0.3 is 12.1 Å². The molecule has 0 aliphatic heterocycles. The van der Waals surface area contributed by atoms with Crippen molar-refractivity contribution in [2.24, 2.45) is 11.8 Å². The van der Waals surface area contributed by atoms with E-state index in [0.717, 1.165) is 6.07 Å². The number of halogens is 4. The van der Waals surface area contributed by atoms with Crippen molar-refractivity contribution in [3.63, 3.8) is 0 Å². The molecule has 1 fully saturated rings. The highest BCUT2D eigenvalue weighted by molar-refractivity contribution is 6.33. The first-order valence-electron chi connectivity index (χ1n) is 11.6. The van der Waals surface area contributed by atoms with Crippen LogP contribution in [0.3, 0.4) is 0 Å². The second kappa shape index (κ2) is 12.4. The van der Waals surface area contributed by atoms with Gasteiger partial charge < -0.3 is 25.2 Å². The Morgan fingerprint density at radius 3 is 2.49 bits per heavy atom. The Hall–Kier alpha value is -3.12. The molecule has 9 nitrogen and oxygen atoms in total. The topological polar surface area (TPSA) is 123 Å². The molecule has 3 rings (SSSR count). The molecule has 13 heteroatoms. The number of aromatic nitrogens is 2. The first kappa shape index (κ1) is 28.5. The zero-order valence-electron chi connectivity index (χ0n) is 20.3. The first-order valence-corrected chi connectivity index (χ1v) is 11.9. The Balaban J connectivity index is 1.70. The van der Waals surface area contributed by atoms with Crippen molar-refractivity contribution in [2.75, 3.05) is 32.7 Å². The van der Waals surface area contributed by atoms with Crippen LogP contribution in [0.2, 0.25) is 5.02 Å². The number of carboxylic acid groups (broad SMARTS) is 1. The zero-order chi connectivity index (χ0) is 27.2. The van der Waals surface area contributed by atoms with Crippen LogP contribution in [0.1, 0.15) is 53.5 Å². The molecule has 0 radical (unpaired) electrons. The summed E-state index contributed by atoms with van der Waals surface area (Å²) in [5, 5.41) is 14.9. The highest BCUT2D eigenvalue weighted by atomic mass is 35.5. The highest BCUT2D eigenvalue weighted by Crippen LogP contribution is 2.34. The lowest BCUT2D eigenvalue weighted by molar-refractivity contribution is -0.143. The smallest absolute Gasteiger partial charge is 0.433 e. The van der Waals surface area contributed by atoms with Crippen LogP contribution in [-0.2, 0) is 15.7 Å². The number of nitrogens with zero attached hydrogens (tertiary/aromatic N) is 2. The molecular formula is C24H28ClF3N4O5. The Morgan fingerprint density at radius 1 is 1.22 bits per heavy atom. The molecule has 0 spiro atoms. The number of ether oxygens (including phenoxy) is 2. The van der Waals surface area contributed by atoms with Crippen LogP contribution in [0, 0.1) is 11.8 Å². The minimum absolute atomic E-state index is 0.0449. The van der Waals surface area contributed by atoms with Gasteiger partial charge in [-0.2, -0.15) is 13.2 Å². The van der Waals surface area contributed by atoms with E-state index in [0.29, 0.717) is 32.2 Å². The van der Waals surface area contributed by atoms with E-state index in [1.165, 1.54) is 32.5 Å². The largest absolute Gasteiger partial charge is 0.495 e. The summed E-state index contributed by atoms with van der Waals surface area (Å²) < 4.78 is 50.1. The molecule has 1 atom stereocenters. The van der Waals surface area contributed by atoms with Gasteiger partial charge in [-0.15, -0.1) is 0 Å². The van der Waals surface area contributed by atoms with E-state index in [9.17, 15) is 22.8 Å². The zero-order valence-corrected chi connectivity index (χ0v) is 21.0. The second-order valence-electron chi connectivity index (χ2n) is 8.75. The SMILES string of the molecule is COC[C@H](Nc1ncc(C(=O)NC[C@H]2CC[C@H](C(=O)O)CC2)cc1Cl)c1nc(C(F)(F)F)ccc1OC. The predicted molar refractivity (Wildman–Crippen MR) is 129 cm³/mol. The molecule has 1 aliphatic rings. The number of amides is 1. The van der Waals surface area contributed by atoms with Crippen LogP contribution in [-0.4, -0.2) is 54.3 Å². The maximum Gasteiger partial charge on any atom is 0.433 e. The van der Waals surface area contributed by atoms with Gasteiger partial charge in [0.05, 0.1) is 36.3 Å². The summed E-state index contributed by atoms with van der Waals surface area (Å²) in [6, 6.07) is 2.50. The Labute approximate surface area is 216 Å². The molecule has 2 heterocycles. The molecule has 2 aromatic heterocycles. The molecule has 2 aromatic rings. The van der Waals surface area contributed by atoms with Crippen LogP contribution in [0.15, 0.2) is 24.4 Å². The molecule has 3 N–H and O–H groups in total. The third-order valence-corrected chi connectivity index (χ3v) is 6.51. The molecule has 1 saturated carbocycles. The third-order valence-electron chi connectivity index (χ3n) is 6.22. The van der Waals surface area contributed by atoms with Crippen LogP contribution in [0.25, 0.3) is 0 Å². The number of hydrogen-bond acceptors (Lipinski definition) is 7. The van der Waals surface area contributed by atoms with Crippen LogP contribution < -0.4 is 15.4 Å². The van der Waals surface area contributed by atoms with E-state index < -0.39 is 29.8 Å². The number of hydrogen-bond donors (Lipinski definition) is 3. The summed E-state index contributed by atoms with van der Waals surface area (Å²) in [5.74, 6) is -1.08. The molecule has 0 aromatic carbocycles. The fourth-order valence-corrected chi connectivity index (χ4v) is 4.40. The number of rotatable bonds is 10. The molecule has 202 valence electrons. The Morgan fingerprint density at radius 2 is 1.92 bits per heavy atom. The fraction of sp³-hybridized carbons (Fsp3) is 0.500. The minimum Gasteiger partial charge on any atom is -0.495 e. The lowest BCUT2D eigenvalue weighted by atomic mass is 9.82. The van der Waals surface area contributed by atoms with E-state index in [1.807, 2.05) is 0 Å². The van der Waals surface area contributed by atoms with E-state index in [2.05, 4.69) is 20.6 Å². The average molecular weight is 545 g/mol. The van der Waals surface area contributed by atoms with E-state index in [4.69, 9.17) is 26.2 Å². The van der Waals surface area contributed by atoms with Gasteiger partial charge in [0.15, 0.2) is 0 Å². The van der Waals surface area contributed by atoms with Crippen molar-refractivity contribution < 1.29 is 37.3 Å². The van der Waals surface area contributed by atoms with E-state index in [1.54, 1.807) is 0 Å². The standard InChI is InChI=1S/C24H28ClF3N4O5/c1-36-12-17(20-18(37-2)7-8-19(32-20)24(26,27)28)31-21-16(25)9-15(11-29-21)22(33)30-10-13-3-5-14(6-4-13)23(34)35/h7-9,11,13-14,17H,3-6,10,12H2,1-2H3,(H,29,31)(H,30,33)(H,34,35)/t13-,14-,17-/m0/s1. The number of carbonyl (C=O) groups excluding carboxylic acids is 1. The fourth-order valence-electron chi connectivity index (χ4n) is 4.18. The lowest BCUT2D eigenvalue weighted by Gasteiger charge is -2.26. The number of aliphatic carboxylic acids is 1.